The van der Waals surface area contributed by atoms with E-state index in [0.29, 0.717) is 19.5 Å². The number of esters is 1. The van der Waals surface area contributed by atoms with Gasteiger partial charge in [-0.1, -0.05) is 0 Å². The molecule has 0 saturated carbocycles. The van der Waals surface area contributed by atoms with Gasteiger partial charge in [-0.2, -0.15) is 0 Å². The summed E-state index contributed by atoms with van der Waals surface area (Å²) < 4.78 is 9.94. The summed E-state index contributed by atoms with van der Waals surface area (Å²) in [6.07, 6.45) is 2.45. The fourth-order valence-corrected chi connectivity index (χ4v) is 2.88. The number of alkyl carbamates (subject to hydrolysis) is 1. The summed E-state index contributed by atoms with van der Waals surface area (Å²) in [6.45, 7) is 8.61. The van der Waals surface area contributed by atoms with Crippen LogP contribution in [0.25, 0.3) is 0 Å². The highest BCUT2D eigenvalue weighted by molar-refractivity contribution is 5.78. The maximum Gasteiger partial charge on any atom is 0.407 e. The summed E-state index contributed by atoms with van der Waals surface area (Å²) in [7, 11) is 1.33. The van der Waals surface area contributed by atoms with Crippen LogP contribution in [-0.4, -0.2) is 67.3 Å². The molecule has 0 aliphatic carbocycles. The van der Waals surface area contributed by atoms with Crippen LogP contribution in [0.3, 0.4) is 0 Å². The summed E-state index contributed by atoms with van der Waals surface area (Å²) in [6, 6.07) is -0.521. The molecule has 1 saturated heterocycles. The lowest BCUT2D eigenvalue weighted by molar-refractivity contribution is -0.148. The number of nitrogens with zero attached hydrogens (tertiary/aromatic N) is 1. The zero-order chi connectivity index (χ0) is 19.0. The lowest BCUT2D eigenvalue weighted by Crippen LogP contribution is -2.44. The number of rotatable bonds is 8. The maximum absolute atomic E-state index is 11.7. The molecule has 0 aromatic carbocycles. The molecular weight excluding hydrogens is 326 g/mol. The molecule has 2 N–H and O–H groups in total. The van der Waals surface area contributed by atoms with Crippen LogP contribution in [0.2, 0.25) is 0 Å². The molecule has 0 aromatic rings. The fraction of sp³-hybridized carbons (Fsp3) is 0.824. The molecule has 0 spiro atoms. The molecule has 8 nitrogen and oxygen atoms in total. The SMILES string of the molecule is COC(=O)C1CCC(CCNCC(C)NC(=O)OC(C)(C)C)N1C=O. The van der Waals surface area contributed by atoms with E-state index in [-0.39, 0.29) is 18.1 Å². The standard InChI is InChI=1S/C17H31N3O5/c1-12(19-16(23)25-17(2,3)4)10-18-9-8-13-6-7-14(15(22)24-5)20(13)11-21/h11-14,18H,6-10H2,1-5H3,(H,19,23). The van der Waals surface area contributed by atoms with E-state index < -0.39 is 17.7 Å². The Morgan fingerprint density at radius 3 is 2.56 bits per heavy atom. The minimum Gasteiger partial charge on any atom is -0.467 e. The van der Waals surface area contributed by atoms with Crippen molar-refractivity contribution in [1.82, 2.24) is 15.5 Å². The zero-order valence-electron chi connectivity index (χ0n) is 15.8. The number of ether oxygens (including phenoxy) is 2. The molecule has 144 valence electrons. The topological polar surface area (TPSA) is 97.0 Å². The number of methoxy groups -OCH3 is 1. The van der Waals surface area contributed by atoms with Gasteiger partial charge in [0.05, 0.1) is 7.11 Å². The highest BCUT2D eigenvalue weighted by Crippen LogP contribution is 2.25. The third kappa shape index (κ3) is 7.29. The second-order valence-corrected chi connectivity index (χ2v) is 7.36. The Balaban J connectivity index is 2.28. The van der Waals surface area contributed by atoms with Crippen LogP contribution in [-0.2, 0) is 19.1 Å². The Bertz CT molecular complexity index is 464. The zero-order valence-corrected chi connectivity index (χ0v) is 15.8. The van der Waals surface area contributed by atoms with Gasteiger partial charge >= 0.3 is 12.1 Å². The summed E-state index contributed by atoms with van der Waals surface area (Å²) in [4.78, 5) is 36.1. The first-order valence-electron chi connectivity index (χ1n) is 8.68. The first-order chi connectivity index (χ1) is 11.7. The number of hydrogen-bond acceptors (Lipinski definition) is 6. The van der Waals surface area contributed by atoms with Gasteiger partial charge in [0.25, 0.3) is 0 Å². The van der Waals surface area contributed by atoms with Crippen molar-refractivity contribution in [2.45, 2.75) is 70.7 Å². The van der Waals surface area contributed by atoms with Crippen LogP contribution in [0.15, 0.2) is 0 Å². The molecule has 0 aromatic heterocycles. The van der Waals surface area contributed by atoms with E-state index in [9.17, 15) is 14.4 Å². The minimum atomic E-state index is -0.520. The Kier molecular flexibility index (Phi) is 8.15. The number of carbonyl (C=O) groups excluding carboxylic acids is 3. The quantitative estimate of drug-likeness (QED) is 0.383. The van der Waals surface area contributed by atoms with Gasteiger partial charge in [-0.3, -0.25) is 4.79 Å². The molecule has 3 unspecified atom stereocenters. The number of carbonyl (C=O) groups is 3. The van der Waals surface area contributed by atoms with Gasteiger partial charge in [-0.05, 0) is 53.5 Å². The molecule has 0 bridgehead atoms. The van der Waals surface area contributed by atoms with Gasteiger partial charge in [0.15, 0.2) is 0 Å². The average Bonchev–Trinajstić information content (AvgIpc) is 2.91. The highest BCUT2D eigenvalue weighted by atomic mass is 16.6. The van der Waals surface area contributed by atoms with Gasteiger partial charge in [-0.15, -0.1) is 0 Å². The molecule has 2 amide bonds. The molecule has 0 radical (unpaired) electrons. The summed E-state index contributed by atoms with van der Waals surface area (Å²) in [5, 5.41) is 6.02. The molecule has 1 heterocycles. The second kappa shape index (κ2) is 9.60. The van der Waals surface area contributed by atoms with Crippen molar-refractivity contribution in [1.29, 1.82) is 0 Å². The molecule has 25 heavy (non-hydrogen) atoms. The third-order valence-electron chi connectivity index (χ3n) is 4.02. The van der Waals surface area contributed by atoms with Crippen molar-refractivity contribution >= 4 is 18.5 Å². The molecular formula is C17H31N3O5. The predicted molar refractivity (Wildman–Crippen MR) is 93.0 cm³/mol. The number of amides is 2. The van der Waals surface area contributed by atoms with Gasteiger partial charge in [0.2, 0.25) is 6.41 Å². The first-order valence-corrected chi connectivity index (χ1v) is 8.68. The van der Waals surface area contributed by atoms with Crippen molar-refractivity contribution < 1.29 is 23.9 Å². The molecule has 8 heteroatoms. The van der Waals surface area contributed by atoms with Gasteiger partial charge in [0, 0.05) is 18.6 Å². The van der Waals surface area contributed by atoms with E-state index >= 15 is 0 Å². The molecule has 3 atom stereocenters. The van der Waals surface area contributed by atoms with Crippen molar-refractivity contribution in [3.8, 4) is 0 Å². The van der Waals surface area contributed by atoms with Gasteiger partial charge < -0.3 is 25.0 Å². The van der Waals surface area contributed by atoms with Crippen molar-refractivity contribution in [2.24, 2.45) is 0 Å². The van der Waals surface area contributed by atoms with E-state index in [0.717, 1.165) is 19.3 Å². The average molecular weight is 357 g/mol. The van der Waals surface area contributed by atoms with Crippen LogP contribution < -0.4 is 10.6 Å². The van der Waals surface area contributed by atoms with E-state index in [2.05, 4.69) is 10.6 Å². The van der Waals surface area contributed by atoms with E-state index in [1.54, 1.807) is 4.90 Å². The summed E-state index contributed by atoms with van der Waals surface area (Å²) >= 11 is 0. The van der Waals surface area contributed by atoms with Crippen molar-refractivity contribution in [2.75, 3.05) is 20.2 Å². The third-order valence-corrected chi connectivity index (χ3v) is 4.02. The van der Waals surface area contributed by atoms with Gasteiger partial charge in [-0.25, -0.2) is 9.59 Å². The van der Waals surface area contributed by atoms with Gasteiger partial charge in [0.1, 0.15) is 11.6 Å². The van der Waals surface area contributed by atoms with Crippen LogP contribution >= 0.6 is 0 Å². The van der Waals surface area contributed by atoms with E-state index in [1.165, 1.54) is 7.11 Å². The number of nitrogens with one attached hydrogen (secondary N) is 2. The monoisotopic (exact) mass is 357 g/mol. The Hall–Kier alpha value is -1.83. The predicted octanol–water partition coefficient (Wildman–Crippen LogP) is 1.04. The Labute approximate surface area is 149 Å². The highest BCUT2D eigenvalue weighted by Gasteiger charge is 2.37. The summed E-state index contributed by atoms with van der Waals surface area (Å²) in [5.41, 5.74) is -0.520. The molecule has 1 aliphatic heterocycles. The van der Waals surface area contributed by atoms with Crippen molar-refractivity contribution in [3.63, 3.8) is 0 Å². The minimum absolute atomic E-state index is 0.0308. The Morgan fingerprint density at radius 2 is 2.00 bits per heavy atom. The van der Waals surface area contributed by atoms with E-state index in [1.807, 2.05) is 27.7 Å². The number of likely N-dealkylation sites (tertiary alicyclic amines) is 1. The lowest BCUT2D eigenvalue weighted by atomic mass is 10.1. The largest absolute Gasteiger partial charge is 0.467 e. The number of hydrogen-bond donors (Lipinski definition) is 2. The Morgan fingerprint density at radius 1 is 1.32 bits per heavy atom. The molecule has 1 fully saturated rings. The second-order valence-electron chi connectivity index (χ2n) is 7.36. The van der Waals surface area contributed by atoms with Crippen LogP contribution in [0.5, 0.6) is 0 Å². The maximum atomic E-state index is 11.7. The van der Waals surface area contributed by atoms with E-state index in [4.69, 9.17) is 9.47 Å². The lowest BCUT2D eigenvalue weighted by Gasteiger charge is -2.25. The van der Waals surface area contributed by atoms with Crippen molar-refractivity contribution in [3.05, 3.63) is 0 Å². The van der Waals surface area contributed by atoms with Crippen LogP contribution in [0, 0.1) is 0 Å². The fourth-order valence-electron chi connectivity index (χ4n) is 2.88. The summed E-state index contributed by atoms with van der Waals surface area (Å²) in [5.74, 6) is -0.363. The van der Waals surface area contributed by atoms with Crippen LogP contribution in [0.1, 0.15) is 47.0 Å². The normalized spacial score (nSPS) is 21.6. The molecule has 1 aliphatic rings. The first kappa shape index (κ1) is 21.2. The smallest absolute Gasteiger partial charge is 0.407 e. The van der Waals surface area contributed by atoms with Crippen LogP contribution in [0.4, 0.5) is 4.79 Å². The molecule has 1 rings (SSSR count).